The van der Waals surface area contributed by atoms with Crippen molar-refractivity contribution in [2.24, 2.45) is 39.9 Å². The summed E-state index contributed by atoms with van der Waals surface area (Å²) in [6.45, 7) is 10.4. The largest absolute Gasteiger partial charge is 0.462 e. The van der Waals surface area contributed by atoms with Crippen molar-refractivity contribution in [3.05, 3.63) is 23.3 Å². The number of rotatable bonds is 6. The lowest BCUT2D eigenvalue weighted by atomic mass is 9.48. The summed E-state index contributed by atoms with van der Waals surface area (Å²) < 4.78 is 29.4. The molecule has 10 nitrogen and oxygen atoms in total. The smallest absolute Gasteiger partial charge is 0.337 e. The Kier molecular flexibility index (Phi) is 6.41. The van der Waals surface area contributed by atoms with Gasteiger partial charge in [0.15, 0.2) is 11.9 Å². The first kappa shape index (κ1) is 29.7. The summed E-state index contributed by atoms with van der Waals surface area (Å²) >= 11 is 0. The molecule has 0 aromatic carbocycles. The summed E-state index contributed by atoms with van der Waals surface area (Å²) in [6.07, 6.45) is 6.10. The summed E-state index contributed by atoms with van der Waals surface area (Å²) in [6, 6.07) is 0. The van der Waals surface area contributed by atoms with Crippen molar-refractivity contribution in [1.82, 2.24) is 0 Å². The van der Waals surface area contributed by atoms with Crippen LogP contribution in [0.3, 0.4) is 0 Å². The van der Waals surface area contributed by atoms with E-state index in [0.29, 0.717) is 24.8 Å². The van der Waals surface area contributed by atoms with Crippen LogP contribution in [0.15, 0.2) is 23.3 Å². The maximum Gasteiger partial charge on any atom is 0.337 e. The maximum atomic E-state index is 13.8. The third-order valence-corrected chi connectivity index (χ3v) is 13.0. The number of hydrogen-bond acceptors (Lipinski definition) is 10. The molecule has 0 bridgehead atoms. The van der Waals surface area contributed by atoms with Gasteiger partial charge in [-0.1, -0.05) is 19.4 Å². The van der Waals surface area contributed by atoms with Gasteiger partial charge in [-0.05, 0) is 79.8 Å². The summed E-state index contributed by atoms with van der Waals surface area (Å²) in [5.74, 6) is -1.37. The molecule has 12 atom stereocenters. The summed E-state index contributed by atoms with van der Waals surface area (Å²) in [4.78, 5) is 62.7. The quantitative estimate of drug-likeness (QED) is 0.248. The minimum absolute atomic E-state index is 0.00974. The van der Waals surface area contributed by atoms with E-state index < -0.39 is 35.0 Å². The fraction of sp³-hybridized carbons (Fsp3) is 0.735. The van der Waals surface area contributed by atoms with Gasteiger partial charge in [0.2, 0.25) is 0 Å². The van der Waals surface area contributed by atoms with E-state index in [4.69, 9.17) is 23.7 Å². The first-order valence-electron chi connectivity index (χ1n) is 16.0. The van der Waals surface area contributed by atoms with Crippen LogP contribution in [0.25, 0.3) is 0 Å². The first-order valence-corrected chi connectivity index (χ1v) is 16.0. The summed E-state index contributed by atoms with van der Waals surface area (Å²) in [5, 5.41) is 0. The lowest BCUT2D eigenvalue weighted by Gasteiger charge is -2.55. The number of esters is 4. The standard InChI is InChI=1S/C34H42O10/c1-16-11-24(43-30(39)21(16)14-40-18(3)35)17(2)22-12-25(41-19(4)36)29-23-13-28-34(44-28)27(42-20(5)37)8-7-26(38)33(34)15-32(23,33)10-9-31(22,29)6/h7-8,17,22-25,27-29H,9-15H2,1-6H3/t17-,22?,23?,24?,25+,27+,28+,29?,31+,32?,33+,34+/m0/s1. The molecule has 0 N–H and O–H groups in total. The molecule has 0 radical (unpaired) electrons. The molecule has 5 aliphatic carbocycles. The average molecular weight is 611 g/mol. The molecule has 7 aliphatic rings. The minimum atomic E-state index is -0.805. The van der Waals surface area contributed by atoms with Crippen molar-refractivity contribution >= 4 is 29.7 Å². The number of epoxide rings is 1. The highest BCUT2D eigenvalue weighted by Crippen LogP contribution is 2.89. The Balaban J connectivity index is 1.20. The Hall–Kier alpha value is -3.01. The summed E-state index contributed by atoms with van der Waals surface area (Å²) in [7, 11) is 0. The molecule has 2 aliphatic heterocycles. The van der Waals surface area contributed by atoms with E-state index in [1.807, 2.05) is 6.92 Å². The Morgan fingerprint density at radius 1 is 1.05 bits per heavy atom. The van der Waals surface area contributed by atoms with Gasteiger partial charge in [0.1, 0.15) is 24.4 Å². The zero-order chi connectivity index (χ0) is 31.6. The zero-order valence-electron chi connectivity index (χ0n) is 26.3. The van der Waals surface area contributed by atoms with Gasteiger partial charge >= 0.3 is 23.9 Å². The van der Waals surface area contributed by atoms with Crippen LogP contribution in [0.5, 0.6) is 0 Å². The molecule has 2 heterocycles. The highest BCUT2D eigenvalue weighted by molar-refractivity contribution is 6.02. The fourth-order valence-corrected chi connectivity index (χ4v) is 11.2. The normalized spacial score (nSPS) is 46.7. The SMILES string of the molecule is CC(=O)OCC1=C(C)CC([C@@H](C)C2C[C@@H](OC(C)=O)C3C4C[C@H]5O[C@]56[C@H](OC(C)=O)C=CC(=O)[C@@]65CC45CC[C@]23C)OC1=O. The highest BCUT2D eigenvalue weighted by Gasteiger charge is 2.95. The van der Waals surface area contributed by atoms with Crippen LogP contribution in [0.4, 0.5) is 0 Å². The maximum absolute atomic E-state index is 13.8. The zero-order valence-corrected chi connectivity index (χ0v) is 26.3. The molecular weight excluding hydrogens is 568 g/mol. The van der Waals surface area contributed by atoms with Gasteiger partial charge in [-0.15, -0.1) is 0 Å². The number of carbonyl (C=O) groups excluding carboxylic acids is 5. The fourth-order valence-electron chi connectivity index (χ4n) is 11.2. The second kappa shape index (κ2) is 9.50. The molecule has 0 aromatic rings. The lowest BCUT2D eigenvalue weighted by Crippen LogP contribution is -2.59. The lowest BCUT2D eigenvalue weighted by molar-refractivity contribution is -0.161. The van der Waals surface area contributed by atoms with Crippen LogP contribution in [-0.4, -0.2) is 66.3 Å². The third kappa shape index (κ3) is 3.72. The van der Waals surface area contributed by atoms with E-state index in [1.165, 1.54) is 20.8 Å². The summed E-state index contributed by atoms with van der Waals surface area (Å²) in [5.41, 5.74) is -0.806. The molecule has 238 valence electrons. The second-order valence-corrected chi connectivity index (χ2v) is 14.8. The molecule has 0 aromatic heterocycles. The number of carbonyl (C=O) groups is 5. The Bertz CT molecular complexity index is 1430. The van der Waals surface area contributed by atoms with Crippen LogP contribution in [-0.2, 0) is 47.7 Å². The van der Waals surface area contributed by atoms with Gasteiger partial charge in [-0.25, -0.2) is 4.79 Å². The average Bonchev–Trinajstić information content (AvgIpc) is 3.80. The number of allylic oxidation sites excluding steroid dienone is 1. The van der Waals surface area contributed by atoms with Crippen LogP contribution in [0.1, 0.15) is 80.1 Å². The van der Waals surface area contributed by atoms with Crippen molar-refractivity contribution in [3.8, 4) is 0 Å². The van der Waals surface area contributed by atoms with Crippen LogP contribution in [0, 0.1) is 39.9 Å². The number of cyclic esters (lactones) is 1. The van der Waals surface area contributed by atoms with Crippen molar-refractivity contribution < 1.29 is 47.7 Å². The van der Waals surface area contributed by atoms with E-state index in [1.54, 1.807) is 12.2 Å². The molecule has 44 heavy (non-hydrogen) atoms. The van der Waals surface area contributed by atoms with Gasteiger partial charge in [0.05, 0.1) is 17.1 Å². The van der Waals surface area contributed by atoms with Gasteiger partial charge in [-0.2, -0.15) is 0 Å². The molecule has 7 rings (SSSR count). The number of fused-ring (bicyclic) bond motifs is 2. The van der Waals surface area contributed by atoms with Crippen LogP contribution >= 0.6 is 0 Å². The van der Waals surface area contributed by atoms with Crippen LogP contribution in [0.2, 0.25) is 0 Å². The molecule has 3 spiro atoms. The van der Waals surface area contributed by atoms with Gasteiger partial charge in [-0.3, -0.25) is 19.2 Å². The van der Waals surface area contributed by atoms with E-state index in [-0.39, 0.29) is 71.2 Å². The van der Waals surface area contributed by atoms with Gasteiger partial charge in [0, 0.05) is 33.1 Å². The second-order valence-electron chi connectivity index (χ2n) is 14.8. The Morgan fingerprint density at radius 3 is 2.43 bits per heavy atom. The molecule has 5 fully saturated rings. The molecule has 0 amide bonds. The van der Waals surface area contributed by atoms with E-state index in [9.17, 15) is 24.0 Å². The Morgan fingerprint density at radius 2 is 1.77 bits per heavy atom. The monoisotopic (exact) mass is 610 g/mol. The molecule has 1 saturated heterocycles. The van der Waals surface area contributed by atoms with Gasteiger partial charge < -0.3 is 23.7 Å². The van der Waals surface area contributed by atoms with Gasteiger partial charge in [0.25, 0.3) is 0 Å². The van der Waals surface area contributed by atoms with E-state index in [2.05, 4.69) is 13.8 Å². The predicted octanol–water partition coefficient (Wildman–Crippen LogP) is 3.79. The highest BCUT2D eigenvalue weighted by atomic mass is 16.7. The van der Waals surface area contributed by atoms with Crippen LogP contribution < -0.4 is 0 Å². The molecule has 10 heteroatoms. The van der Waals surface area contributed by atoms with Crippen molar-refractivity contribution in [2.45, 2.75) is 110 Å². The van der Waals surface area contributed by atoms with Crippen molar-refractivity contribution in [3.63, 3.8) is 0 Å². The van der Waals surface area contributed by atoms with Crippen molar-refractivity contribution in [1.29, 1.82) is 0 Å². The Labute approximate surface area is 257 Å². The topological polar surface area (TPSA) is 135 Å². The minimum Gasteiger partial charge on any atom is -0.462 e. The molecular formula is C34H42O10. The third-order valence-electron chi connectivity index (χ3n) is 13.0. The first-order chi connectivity index (χ1) is 20.7. The number of ether oxygens (including phenoxy) is 5. The molecule has 5 unspecified atom stereocenters. The van der Waals surface area contributed by atoms with Crippen molar-refractivity contribution in [2.75, 3.05) is 6.61 Å². The molecule has 4 saturated carbocycles. The number of hydrogen-bond donors (Lipinski definition) is 0. The predicted molar refractivity (Wildman–Crippen MR) is 152 cm³/mol. The van der Waals surface area contributed by atoms with E-state index >= 15 is 0 Å². The van der Waals surface area contributed by atoms with E-state index in [0.717, 1.165) is 24.8 Å². The number of ketones is 1.